The average Bonchev–Trinajstić information content (AvgIpc) is 2.61. The molecule has 0 saturated carbocycles. The van der Waals surface area contributed by atoms with Crippen LogP contribution in [0, 0.1) is 5.82 Å². The van der Waals surface area contributed by atoms with Gasteiger partial charge in [0.1, 0.15) is 17.3 Å². The maximum absolute atomic E-state index is 13.4. The molecule has 0 atom stereocenters. The van der Waals surface area contributed by atoms with Gasteiger partial charge in [-0.25, -0.2) is 9.07 Å². The normalized spacial score (nSPS) is 10.7. The molecule has 1 heterocycles. The Morgan fingerprint density at radius 1 is 1.50 bits per heavy atom. The fourth-order valence-corrected chi connectivity index (χ4v) is 1.86. The predicted molar refractivity (Wildman–Crippen MR) is 71.2 cm³/mol. The molecule has 0 spiro atoms. The molecule has 0 bridgehead atoms. The van der Waals surface area contributed by atoms with Crippen molar-refractivity contribution in [1.29, 1.82) is 0 Å². The Balaban J connectivity index is 2.33. The Bertz CT molecular complexity index is 583. The Labute approximate surface area is 113 Å². The van der Waals surface area contributed by atoms with Crippen LogP contribution >= 0.6 is 15.9 Å². The summed E-state index contributed by atoms with van der Waals surface area (Å²) in [4.78, 5) is 0. The zero-order valence-corrected chi connectivity index (χ0v) is 11.7. The lowest BCUT2D eigenvalue weighted by molar-refractivity contribution is 0.429. The van der Waals surface area contributed by atoms with Gasteiger partial charge in [-0.3, -0.25) is 0 Å². The number of hydrogen-bond acceptors (Lipinski definition) is 3. The first-order valence-corrected chi connectivity index (χ1v) is 6.26. The molecule has 0 aliphatic heterocycles. The van der Waals surface area contributed by atoms with Gasteiger partial charge in [0.2, 0.25) is 5.88 Å². The van der Waals surface area contributed by atoms with Crippen LogP contribution in [-0.2, 0) is 13.5 Å². The molecule has 0 amide bonds. The lowest BCUT2D eigenvalue weighted by atomic mass is 10.3. The van der Waals surface area contributed by atoms with Crippen molar-refractivity contribution in [3.8, 4) is 11.6 Å². The molecule has 0 radical (unpaired) electrons. The molecule has 2 aromatic rings. The van der Waals surface area contributed by atoms with Crippen molar-refractivity contribution < 1.29 is 9.13 Å². The van der Waals surface area contributed by atoms with Crippen LogP contribution < -0.4 is 10.5 Å². The van der Waals surface area contributed by atoms with Crippen LogP contribution in [0.25, 0.3) is 0 Å². The van der Waals surface area contributed by atoms with E-state index in [0.29, 0.717) is 21.8 Å². The smallest absolute Gasteiger partial charge is 0.241 e. The molecule has 4 nitrogen and oxygen atoms in total. The first-order valence-electron chi connectivity index (χ1n) is 5.47. The maximum Gasteiger partial charge on any atom is 0.241 e. The molecule has 2 rings (SSSR count). The second-order valence-corrected chi connectivity index (χ2v) is 4.67. The van der Waals surface area contributed by atoms with Crippen molar-refractivity contribution in [2.45, 2.75) is 13.3 Å². The van der Waals surface area contributed by atoms with E-state index in [1.165, 1.54) is 6.07 Å². The number of aromatic nitrogens is 2. The van der Waals surface area contributed by atoms with Crippen molar-refractivity contribution in [3.63, 3.8) is 0 Å². The summed E-state index contributed by atoms with van der Waals surface area (Å²) >= 11 is 3.09. The molecule has 1 aromatic heterocycles. The fraction of sp³-hybridized carbons (Fsp3) is 0.250. The minimum atomic E-state index is -0.385. The van der Waals surface area contributed by atoms with Gasteiger partial charge in [0.25, 0.3) is 0 Å². The summed E-state index contributed by atoms with van der Waals surface area (Å²) in [5.74, 6) is 0.422. The van der Waals surface area contributed by atoms with Crippen LogP contribution in [0.4, 0.5) is 10.1 Å². The highest BCUT2D eigenvalue weighted by Gasteiger charge is 2.14. The van der Waals surface area contributed by atoms with E-state index in [1.54, 1.807) is 23.9 Å². The van der Waals surface area contributed by atoms with E-state index < -0.39 is 0 Å². The Morgan fingerprint density at radius 3 is 2.78 bits per heavy atom. The molecular formula is C12H13BrFN3O. The third kappa shape index (κ3) is 2.33. The van der Waals surface area contributed by atoms with Crippen LogP contribution in [0.1, 0.15) is 12.6 Å². The highest BCUT2D eigenvalue weighted by atomic mass is 79.9. The van der Waals surface area contributed by atoms with E-state index in [9.17, 15) is 4.39 Å². The number of ether oxygens (including phenoxy) is 1. The number of benzene rings is 1. The van der Waals surface area contributed by atoms with Crippen LogP contribution in [0.2, 0.25) is 0 Å². The number of nitrogen functional groups attached to an aromatic ring is 1. The van der Waals surface area contributed by atoms with E-state index in [1.807, 2.05) is 6.92 Å². The fourth-order valence-electron chi connectivity index (χ4n) is 1.61. The average molecular weight is 314 g/mol. The van der Waals surface area contributed by atoms with Crippen LogP contribution in [0.15, 0.2) is 22.7 Å². The van der Waals surface area contributed by atoms with Gasteiger partial charge in [-0.2, -0.15) is 5.10 Å². The molecule has 6 heteroatoms. The van der Waals surface area contributed by atoms with Gasteiger partial charge < -0.3 is 10.5 Å². The molecular weight excluding hydrogens is 301 g/mol. The minimum Gasteiger partial charge on any atom is -0.437 e. The third-order valence-corrected chi connectivity index (χ3v) is 3.19. The van der Waals surface area contributed by atoms with E-state index in [-0.39, 0.29) is 5.82 Å². The first-order chi connectivity index (χ1) is 8.52. The zero-order valence-electron chi connectivity index (χ0n) is 10.1. The summed E-state index contributed by atoms with van der Waals surface area (Å²) in [6.45, 7) is 1.96. The maximum atomic E-state index is 13.4. The van der Waals surface area contributed by atoms with Crippen molar-refractivity contribution in [3.05, 3.63) is 34.2 Å². The monoisotopic (exact) mass is 313 g/mol. The van der Waals surface area contributed by atoms with Crippen molar-refractivity contribution in [2.75, 3.05) is 5.73 Å². The summed E-state index contributed by atoms with van der Waals surface area (Å²) in [5.41, 5.74) is 7.18. The lowest BCUT2D eigenvalue weighted by Gasteiger charge is -2.07. The van der Waals surface area contributed by atoms with Gasteiger partial charge in [0, 0.05) is 13.1 Å². The van der Waals surface area contributed by atoms with E-state index in [2.05, 4.69) is 21.0 Å². The summed E-state index contributed by atoms with van der Waals surface area (Å²) in [7, 11) is 1.74. The summed E-state index contributed by atoms with van der Waals surface area (Å²) in [6.07, 6.45) is 0.720. The van der Waals surface area contributed by atoms with Gasteiger partial charge in [0.15, 0.2) is 0 Å². The topological polar surface area (TPSA) is 53.1 Å². The van der Waals surface area contributed by atoms with Gasteiger partial charge in [-0.15, -0.1) is 0 Å². The molecule has 0 aliphatic carbocycles. The van der Waals surface area contributed by atoms with Crippen LogP contribution in [-0.4, -0.2) is 9.78 Å². The third-order valence-electron chi connectivity index (χ3n) is 2.55. The highest BCUT2D eigenvalue weighted by molar-refractivity contribution is 9.10. The summed E-state index contributed by atoms with van der Waals surface area (Å²) in [6, 6.07) is 4.53. The molecule has 96 valence electrons. The molecule has 0 saturated heterocycles. The SMILES string of the molecule is CCc1nn(C)c(Oc2ccc(Br)c(F)c2)c1N. The van der Waals surface area contributed by atoms with E-state index in [0.717, 1.165) is 12.1 Å². The summed E-state index contributed by atoms with van der Waals surface area (Å²) in [5, 5.41) is 4.23. The Morgan fingerprint density at radius 2 is 2.22 bits per heavy atom. The van der Waals surface area contributed by atoms with Crippen LogP contribution in [0.3, 0.4) is 0 Å². The quantitative estimate of drug-likeness (QED) is 0.946. The Kier molecular flexibility index (Phi) is 3.56. The molecule has 2 N–H and O–H groups in total. The molecule has 18 heavy (non-hydrogen) atoms. The van der Waals surface area contributed by atoms with Crippen molar-refractivity contribution >= 4 is 21.6 Å². The number of hydrogen-bond donors (Lipinski definition) is 1. The lowest BCUT2D eigenvalue weighted by Crippen LogP contribution is -1.97. The number of anilines is 1. The number of nitrogens with zero attached hydrogens (tertiary/aromatic N) is 2. The first kappa shape index (κ1) is 12.9. The predicted octanol–water partition coefficient (Wildman–Crippen LogP) is 3.26. The van der Waals surface area contributed by atoms with Crippen LogP contribution in [0.5, 0.6) is 11.6 Å². The molecule has 1 aromatic carbocycles. The van der Waals surface area contributed by atoms with E-state index >= 15 is 0 Å². The number of halogens is 2. The van der Waals surface area contributed by atoms with E-state index in [4.69, 9.17) is 10.5 Å². The highest BCUT2D eigenvalue weighted by Crippen LogP contribution is 2.31. The molecule has 0 aliphatic rings. The molecule has 0 fully saturated rings. The number of rotatable bonds is 3. The van der Waals surface area contributed by atoms with Gasteiger partial charge in [0.05, 0.1) is 10.2 Å². The van der Waals surface area contributed by atoms with Crippen molar-refractivity contribution in [1.82, 2.24) is 9.78 Å². The minimum absolute atomic E-state index is 0.382. The van der Waals surface area contributed by atoms with Gasteiger partial charge in [-0.05, 0) is 34.5 Å². The number of aryl methyl sites for hydroxylation is 2. The van der Waals surface area contributed by atoms with Gasteiger partial charge in [-0.1, -0.05) is 6.92 Å². The summed E-state index contributed by atoms with van der Waals surface area (Å²) < 4.78 is 20.9. The van der Waals surface area contributed by atoms with Gasteiger partial charge >= 0.3 is 0 Å². The number of nitrogens with two attached hydrogens (primary N) is 1. The second-order valence-electron chi connectivity index (χ2n) is 3.82. The molecule has 0 unspecified atom stereocenters. The largest absolute Gasteiger partial charge is 0.437 e. The standard InChI is InChI=1S/C12H13BrFN3O/c1-3-10-11(15)12(17(2)16-10)18-7-4-5-8(13)9(14)6-7/h4-6H,3,15H2,1-2H3. The zero-order chi connectivity index (χ0) is 13.3. The van der Waals surface area contributed by atoms with Crippen molar-refractivity contribution in [2.24, 2.45) is 7.05 Å². The second kappa shape index (κ2) is 4.97. The Hall–Kier alpha value is -1.56.